The lowest BCUT2D eigenvalue weighted by atomic mass is 9.76. The summed E-state index contributed by atoms with van der Waals surface area (Å²) < 4.78 is 12.2. The van der Waals surface area contributed by atoms with Crippen molar-refractivity contribution in [3.05, 3.63) is 0 Å². The number of Topliss-reactive ketones (excluding diaryl/α,β-unsaturated/α-hetero) is 1. The summed E-state index contributed by atoms with van der Waals surface area (Å²) in [5, 5.41) is 10.3. The largest absolute Gasteiger partial charge is 0.387 e. The number of hydrogen-bond donors (Lipinski definition) is 1. The molecule has 2 heterocycles. The zero-order chi connectivity index (χ0) is 14.2. The Morgan fingerprint density at radius 2 is 2.05 bits per heavy atom. The molecular formula is C16H26O4. The molecule has 1 saturated carbocycles. The van der Waals surface area contributed by atoms with Gasteiger partial charge < -0.3 is 14.6 Å². The van der Waals surface area contributed by atoms with Gasteiger partial charge in [0.1, 0.15) is 11.9 Å². The van der Waals surface area contributed by atoms with Gasteiger partial charge in [-0.15, -0.1) is 0 Å². The average Bonchev–Trinajstić information content (AvgIpc) is 2.73. The van der Waals surface area contributed by atoms with E-state index in [1.54, 1.807) is 0 Å². The van der Waals surface area contributed by atoms with Crippen LogP contribution in [-0.2, 0) is 14.3 Å². The van der Waals surface area contributed by atoms with Crippen molar-refractivity contribution in [3.8, 4) is 0 Å². The molecule has 0 unspecified atom stereocenters. The molecule has 114 valence electrons. The van der Waals surface area contributed by atoms with E-state index in [-0.39, 0.29) is 23.9 Å². The van der Waals surface area contributed by atoms with E-state index in [2.05, 4.69) is 6.92 Å². The van der Waals surface area contributed by atoms with Crippen molar-refractivity contribution in [1.82, 2.24) is 0 Å². The first-order chi connectivity index (χ1) is 9.67. The van der Waals surface area contributed by atoms with Gasteiger partial charge in [0.2, 0.25) is 5.79 Å². The van der Waals surface area contributed by atoms with Crippen molar-refractivity contribution in [3.63, 3.8) is 0 Å². The molecule has 3 aliphatic rings. The lowest BCUT2D eigenvalue weighted by Gasteiger charge is -2.44. The smallest absolute Gasteiger partial charge is 0.205 e. The van der Waals surface area contributed by atoms with Gasteiger partial charge in [-0.2, -0.15) is 0 Å². The summed E-state index contributed by atoms with van der Waals surface area (Å²) in [4.78, 5) is 12.1. The number of rotatable bonds is 5. The fourth-order valence-electron chi connectivity index (χ4n) is 4.04. The molecule has 3 fully saturated rings. The van der Waals surface area contributed by atoms with E-state index >= 15 is 0 Å². The van der Waals surface area contributed by atoms with Crippen LogP contribution in [0.3, 0.4) is 0 Å². The van der Waals surface area contributed by atoms with E-state index in [9.17, 15) is 9.90 Å². The first-order valence-electron chi connectivity index (χ1n) is 8.23. The molecule has 4 heteroatoms. The Labute approximate surface area is 120 Å². The Morgan fingerprint density at radius 1 is 1.20 bits per heavy atom. The molecule has 0 aromatic rings. The molecule has 1 aliphatic carbocycles. The highest BCUT2D eigenvalue weighted by molar-refractivity contribution is 5.83. The molecule has 5 atom stereocenters. The van der Waals surface area contributed by atoms with Crippen molar-refractivity contribution >= 4 is 5.78 Å². The van der Waals surface area contributed by atoms with Crippen molar-refractivity contribution in [2.24, 2.45) is 5.92 Å². The minimum Gasteiger partial charge on any atom is -0.387 e. The summed E-state index contributed by atoms with van der Waals surface area (Å²) in [6.45, 7) is 2.20. The number of carbonyl (C=O) groups is 1. The van der Waals surface area contributed by atoms with Gasteiger partial charge in [-0.25, -0.2) is 0 Å². The Morgan fingerprint density at radius 3 is 2.85 bits per heavy atom. The van der Waals surface area contributed by atoms with Crippen LogP contribution in [0, 0.1) is 5.92 Å². The van der Waals surface area contributed by atoms with E-state index < -0.39 is 11.9 Å². The van der Waals surface area contributed by atoms with Crippen molar-refractivity contribution in [2.75, 3.05) is 0 Å². The van der Waals surface area contributed by atoms with E-state index in [4.69, 9.17) is 9.47 Å². The first kappa shape index (κ1) is 14.5. The molecular weight excluding hydrogens is 256 g/mol. The zero-order valence-corrected chi connectivity index (χ0v) is 12.3. The molecule has 0 radical (unpaired) electrons. The monoisotopic (exact) mass is 282 g/mol. The maximum absolute atomic E-state index is 12.1. The Balaban J connectivity index is 1.66. The van der Waals surface area contributed by atoms with Crippen LogP contribution in [0.15, 0.2) is 0 Å². The lowest BCUT2D eigenvalue weighted by molar-refractivity contribution is -0.279. The molecule has 0 aromatic heterocycles. The lowest BCUT2D eigenvalue weighted by Crippen LogP contribution is -2.57. The van der Waals surface area contributed by atoms with Gasteiger partial charge in [0, 0.05) is 6.42 Å². The van der Waals surface area contributed by atoms with Crippen LogP contribution in [0.1, 0.15) is 64.7 Å². The average molecular weight is 282 g/mol. The van der Waals surface area contributed by atoms with Gasteiger partial charge >= 0.3 is 0 Å². The Bertz CT molecular complexity index is 369. The van der Waals surface area contributed by atoms with Crippen LogP contribution >= 0.6 is 0 Å². The fourth-order valence-corrected chi connectivity index (χ4v) is 4.04. The van der Waals surface area contributed by atoms with Gasteiger partial charge in [0.25, 0.3) is 0 Å². The quantitative estimate of drug-likeness (QED) is 0.787. The summed E-state index contributed by atoms with van der Waals surface area (Å²) in [5.41, 5.74) is 0. The van der Waals surface area contributed by atoms with Crippen LogP contribution in [0.2, 0.25) is 0 Å². The van der Waals surface area contributed by atoms with Crippen LogP contribution in [0.4, 0.5) is 0 Å². The first-order valence-corrected chi connectivity index (χ1v) is 8.23. The van der Waals surface area contributed by atoms with Crippen LogP contribution in [0.25, 0.3) is 0 Å². The van der Waals surface area contributed by atoms with Gasteiger partial charge in [0.15, 0.2) is 0 Å². The summed E-state index contributed by atoms with van der Waals surface area (Å²) >= 11 is 0. The zero-order valence-electron chi connectivity index (χ0n) is 12.3. The third-order valence-corrected chi connectivity index (χ3v) is 5.17. The number of unbranched alkanes of at least 4 members (excludes halogenated alkanes) is 3. The third kappa shape index (κ3) is 2.32. The topological polar surface area (TPSA) is 55.8 Å². The predicted octanol–water partition coefficient (Wildman–Crippen LogP) is 2.57. The van der Waals surface area contributed by atoms with Crippen LogP contribution in [0.5, 0.6) is 0 Å². The highest BCUT2D eigenvalue weighted by atomic mass is 16.8. The van der Waals surface area contributed by atoms with Crippen LogP contribution in [-0.4, -0.2) is 35.0 Å². The molecule has 2 bridgehead atoms. The van der Waals surface area contributed by atoms with Crippen molar-refractivity contribution in [2.45, 2.75) is 88.8 Å². The summed E-state index contributed by atoms with van der Waals surface area (Å²) in [5.74, 6) is -1.04. The number of hydrogen-bond acceptors (Lipinski definition) is 4. The minimum atomic E-state index is -1.01. The van der Waals surface area contributed by atoms with Gasteiger partial charge in [-0.3, -0.25) is 4.79 Å². The minimum absolute atomic E-state index is 0.0670. The summed E-state index contributed by atoms with van der Waals surface area (Å²) in [6.07, 6.45) is 7.98. The predicted molar refractivity (Wildman–Crippen MR) is 74.2 cm³/mol. The Kier molecular flexibility index (Phi) is 4.16. The summed E-state index contributed by atoms with van der Waals surface area (Å²) in [6, 6.07) is 0. The van der Waals surface area contributed by atoms with Crippen molar-refractivity contribution in [1.29, 1.82) is 0 Å². The SMILES string of the molecule is CCCCCC[C@H]1O[C@]23O[C@H]1CC[C@@H]2C(=O)CC[C@H]3O. The standard InChI is InChI=1S/C16H26O4/c1-2-3-4-5-6-13-14-9-7-11-12(17)8-10-15(18)16(11,19-13)20-14/h11,13-15,18H,2-10H2,1H3/t11-,13-,14+,15-,16+/m1/s1. The van der Waals surface area contributed by atoms with Gasteiger partial charge in [-0.1, -0.05) is 32.6 Å². The van der Waals surface area contributed by atoms with E-state index in [0.29, 0.717) is 12.8 Å². The molecule has 4 nitrogen and oxygen atoms in total. The van der Waals surface area contributed by atoms with E-state index in [1.807, 2.05) is 0 Å². The number of ketones is 1. The molecule has 2 aliphatic heterocycles. The molecule has 1 spiro atoms. The molecule has 0 amide bonds. The highest BCUT2D eigenvalue weighted by Gasteiger charge is 2.62. The number of ether oxygens (including phenoxy) is 2. The molecule has 3 rings (SSSR count). The van der Waals surface area contributed by atoms with Gasteiger partial charge in [-0.05, 0) is 25.7 Å². The number of carbonyl (C=O) groups excluding carboxylic acids is 1. The second-order valence-corrected chi connectivity index (χ2v) is 6.53. The molecule has 0 aromatic carbocycles. The van der Waals surface area contributed by atoms with E-state index in [0.717, 1.165) is 25.7 Å². The second kappa shape index (κ2) is 5.74. The van der Waals surface area contributed by atoms with E-state index in [1.165, 1.54) is 19.3 Å². The number of fused-ring (bicyclic) bond motifs is 1. The second-order valence-electron chi connectivity index (χ2n) is 6.53. The number of aliphatic hydroxyl groups is 1. The Hall–Kier alpha value is -0.450. The molecule has 2 saturated heterocycles. The number of aliphatic hydroxyl groups excluding tert-OH is 1. The highest BCUT2D eigenvalue weighted by Crippen LogP contribution is 2.50. The van der Waals surface area contributed by atoms with Crippen molar-refractivity contribution < 1.29 is 19.4 Å². The van der Waals surface area contributed by atoms with Gasteiger partial charge in [0.05, 0.1) is 18.1 Å². The molecule has 1 N–H and O–H groups in total. The maximum Gasteiger partial charge on any atom is 0.205 e. The third-order valence-electron chi connectivity index (χ3n) is 5.17. The summed E-state index contributed by atoms with van der Waals surface area (Å²) in [7, 11) is 0. The van der Waals surface area contributed by atoms with Crippen LogP contribution < -0.4 is 0 Å². The normalized spacial score (nSPS) is 43.6. The fraction of sp³-hybridized carbons (Fsp3) is 0.938. The molecule has 20 heavy (non-hydrogen) atoms. The maximum atomic E-state index is 12.1.